The van der Waals surface area contributed by atoms with E-state index in [9.17, 15) is 24.3 Å². The van der Waals surface area contributed by atoms with Crippen LogP contribution in [0.25, 0.3) is 21.5 Å². The second-order valence-corrected chi connectivity index (χ2v) is 14.8. The standard InChI is InChI=1S/C43H74N12O5/c1-9-52(10-2)25-17-21-45-31-29-30-32-34(33(31)41(57)49-40(30)56)35(42(58)51-48-24-20-28-55(15-7)16-8)37(43(59)60)38(46-22-18-26-53(11-3)12-4)36(32)39(44)50-47-23-19-27-54(13-5)14-6/h29,45-48H,9-28H2,1-8H3,(H2,44,50)(H,51,58)(H,59,60)(H,49,56,57). The van der Waals surface area contributed by atoms with Gasteiger partial charge in [-0.05, 0) is 110 Å². The number of H-pyrrole nitrogens is 1. The van der Waals surface area contributed by atoms with E-state index in [1.54, 1.807) is 6.07 Å². The van der Waals surface area contributed by atoms with Crippen LogP contribution in [0.1, 0.15) is 107 Å². The van der Waals surface area contributed by atoms with Crippen molar-refractivity contribution in [3.05, 3.63) is 43.5 Å². The quantitative estimate of drug-likeness (QED) is 0.0202. The van der Waals surface area contributed by atoms with Crippen LogP contribution in [0.2, 0.25) is 0 Å². The summed E-state index contributed by atoms with van der Waals surface area (Å²) in [5.41, 5.74) is 14.0. The molecule has 17 nitrogen and oxygen atoms in total. The van der Waals surface area contributed by atoms with Gasteiger partial charge < -0.3 is 46.5 Å². The molecule has 9 N–H and O–H groups in total. The third-order valence-corrected chi connectivity index (χ3v) is 11.4. The maximum atomic E-state index is 14.6. The van der Waals surface area contributed by atoms with Crippen molar-refractivity contribution in [1.82, 2.24) is 40.9 Å². The van der Waals surface area contributed by atoms with Gasteiger partial charge in [0, 0.05) is 42.6 Å². The van der Waals surface area contributed by atoms with E-state index in [4.69, 9.17) is 5.73 Å². The van der Waals surface area contributed by atoms with E-state index in [1.165, 1.54) is 0 Å². The normalized spacial score (nSPS) is 12.2. The minimum Gasteiger partial charge on any atom is -0.478 e. The topological polar surface area (TPSA) is 216 Å². The number of aromatic carboxylic acids is 1. The molecule has 0 spiro atoms. The van der Waals surface area contributed by atoms with E-state index >= 15 is 0 Å². The number of rotatable bonds is 31. The van der Waals surface area contributed by atoms with Gasteiger partial charge in [-0.15, -0.1) is 0 Å². The second-order valence-electron chi connectivity index (χ2n) is 14.8. The minimum absolute atomic E-state index is 0.00492. The van der Waals surface area contributed by atoms with Crippen molar-refractivity contribution in [1.29, 1.82) is 0 Å². The number of benzene rings is 2. The number of hydrogen-bond acceptors (Lipinski definition) is 13. The van der Waals surface area contributed by atoms with E-state index in [-0.39, 0.29) is 49.8 Å². The van der Waals surface area contributed by atoms with E-state index in [0.717, 1.165) is 97.8 Å². The van der Waals surface area contributed by atoms with Crippen molar-refractivity contribution in [3.63, 3.8) is 0 Å². The fraction of sp³-hybridized carbons (Fsp3) is 0.651. The fourth-order valence-corrected chi connectivity index (χ4v) is 7.73. The van der Waals surface area contributed by atoms with E-state index in [1.807, 2.05) is 0 Å². The SMILES string of the molecule is CCN(CC)CCCNN=C(N)c1c(NCCCN(CC)CC)c(C(=O)O)c(C(=O)NNCCCN(CC)CC)c2c3c(NCCCN(CC)CC)cc(c(=O)[nH]c3=O)c12. The molecule has 2 aromatic heterocycles. The Kier molecular flexibility index (Phi) is 21.5. The monoisotopic (exact) mass is 839 g/mol. The van der Waals surface area contributed by atoms with Crippen LogP contribution in [0.3, 0.4) is 0 Å². The largest absolute Gasteiger partial charge is 0.478 e. The Morgan fingerprint density at radius 3 is 1.62 bits per heavy atom. The number of aromatic nitrogens is 1. The number of amides is 1. The van der Waals surface area contributed by atoms with Crippen LogP contribution in [0.15, 0.2) is 20.8 Å². The molecular weight excluding hydrogens is 765 g/mol. The van der Waals surface area contributed by atoms with Gasteiger partial charge in [-0.25, -0.2) is 10.2 Å². The van der Waals surface area contributed by atoms with Crippen molar-refractivity contribution >= 4 is 50.6 Å². The average Bonchev–Trinajstić information content (AvgIpc) is 3.43. The number of amidine groups is 1. The first-order valence-corrected chi connectivity index (χ1v) is 22.2. The molecule has 60 heavy (non-hydrogen) atoms. The predicted octanol–water partition coefficient (Wildman–Crippen LogP) is 3.37. The number of carbonyl (C=O) groups excluding carboxylic acids is 1. The van der Waals surface area contributed by atoms with E-state index in [0.29, 0.717) is 38.3 Å². The first-order chi connectivity index (χ1) is 29.0. The maximum Gasteiger partial charge on any atom is 0.338 e. The molecule has 17 heteroatoms. The number of carboxylic acids is 1. The molecule has 336 valence electrons. The van der Waals surface area contributed by atoms with Crippen molar-refractivity contribution in [2.24, 2.45) is 10.8 Å². The summed E-state index contributed by atoms with van der Waals surface area (Å²) in [5.74, 6) is -2.27. The maximum absolute atomic E-state index is 14.6. The number of nitrogens with two attached hydrogens (primary N) is 1. The third kappa shape index (κ3) is 13.2. The highest BCUT2D eigenvalue weighted by molar-refractivity contribution is 6.32. The van der Waals surface area contributed by atoms with Gasteiger partial charge in [0.05, 0.1) is 33.2 Å². The van der Waals surface area contributed by atoms with Gasteiger partial charge in [0.15, 0.2) is 5.84 Å². The van der Waals surface area contributed by atoms with Crippen LogP contribution in [-0.2, 0) is 0 Å². The number of anilines is 2. The lowest BCUT2D eigenvalue weighted by Crippen LogP contribution is -2.40. The van der Waals surface area contributed by atoms with Gasteiger partial charge in [0.25, 0.3) is 17.0 Å². The highest BCUT2D eigenvalue weighted by atomic mass is 16.4. The molecular formula is C43H74N12O5. The van der Waals surface area contributed by atoms with E-state index < -0.39 is 23.0 Å². The lowest BCUT2D eigenvalue weighted by Gasteiger charge is -2.24. The summed E-state index contributed by atoms with van der Waals surface area (Å²) in [7, 11) is 0. The Balaban J connectivity index is 2.36. The second kappa shape index (κ2) is 25.9. The fourth-order valence-electron chi connectivity index (χ4n) is 7.73. The molecule has 0 aliphatic rings. The molecule has 0 atom stereocenters. The smallest absolute Gasteiger partial charge is 0.338 e. The third-order valence-electron chi connectivity index (χ3n) is 11.4. The van der Waals surface area contributed by atoms with Crippen LogP contribution in [-0.4, -0.2) is 152 Å². The number of nitrogens with zero attached hydrogens (tertiary/aromatic N) is 5. The van der Waals surface area contributed by atoms with Crippen molar-refractivity contribution < 1.29 is 14.7 Å². The Bertz CT molecular complexity index is 1940. The van der Waals surface area contributed by atoms with Gasteiger partial charge in [0.1, 0.15) is 0 Å². The molecule has 0 saturated heterocycles. The van der Waals surface area contributed by atoms with Gasteiger partial charge >= 0.3 is 5.97 Å². The molecule has 0 radical (unpaired) electrons. The molecule has 4 rings (SSSR count). The summed E-state index contributed by atoms with van der Waals surface area (Å²) in [5, 5.41) is 22.5. The number of aromatic amines is 1. The first-order valence-electron chi connectivity index (χ1n) is 22.2. The molecule has 1 amide bonds. The van der Waals surface area contributed by atoms with Crippen molar-refractivity contribution in [2.75, 3.05) is 115 Å². The number of fused-ring (bicyclic) bond motifs is 3. The number of hydrazone groups is 1. The highest BCUT2D eigenvalue weighted by Gasteiger charge is 2.33. The Hall–Kier alpha value is -4.55. The van der Waals surface area contributed by atoms with Gasteiger partial charge in [-0.3, -0.25) is 24.8 Å². The summed E-state index contributed by atoms with van der Waals surface area (Å²) in [6, 6.07) is 1.60. The van der Waals surface area contributed by atoms with Crippen LogP contribution < -0.4 is 43.8 Å². The Morgan fingerprint density at radius 2 is 1.12 bits per heavy atom. The molecule has 2 aromatic carbocycles. The summed E-state index contributed by atoms with van der Waals surface area (Å²) in [4.78, 5) is 67.9. The summed E-state index contributed by atoms with van der Waals surface area (Å²) < 4.78 is 0. The van der Waals surface area contributed by atoms with Crippen molar-refractivity contribution in [2.45, 2.75) is 81.1 Å². The number of hydrogen-bond donors (Lipinski definition) is 8. The Labute approximate surface area is 356 Å². The lowest BCUT2D eigenvalue weighted by atomic mass is 9.87. The molecule has 4 aromatic rings. The van der Waals surface area contributed by atoms with Gasteiger partial charge in [-0.2, -0.15) is 5.10 Å². The van der Waals surface area contributed by atoms with Gasteiger partial charge in [0.2, 0.25) is 0 Å². The van der Waals surface area contributed by atoms with Crippen LogP contribution in [0, 0.1) is 0 Å². The average molecular weight is 839 g/mol. The predicted molar refractivity (Wildman–Crippen MR) is 247 cm³/mol. The van der Waals surface area contributed by atoms with E-state index in [2.05, 4.69) is 112 Å². The summed E-state index contributed by atoms with van der Waals surface area (Å²) in [6.07, 6.45) is 2.86. The van der Waals surface area contributed by atoms with Crippen molar-refractivity contribution in [3.8, 4) is 0 Å². The highest BCUT2D eigenvalue weighted by Crippen LogP contribution is 2.41. The van der Waals surface area contributed by atoms with Crippen LogP contribution in [0.4, 0.5) is 11.4 Å². The zero-order valence-corrected chi connectivity index (χ0v) is 37.6. The first kappa shape index (κ1) is 49.8. The molecule has 2 bridgehead atoms. The zero-order valence-electron chi connectivity index (χ0n) is 37.6. The molecule has 0 fully saturated rings. The molecule has 2 heterocycles. The Morgan fingerprint density at radius 1 is 0.633 bits per heavy atom. The number of nitrogens with one attached hydrogen (secondary N) is 6. The number of carbonyl (C=O) groups is 2. The molecule has 0 saturated carbocycles. The number of carboxylic acid groups (broad SMARTS) is 1. The minimum atomic E-state index is -1.41. The zero-order chi connectivity index (χ0) is 44.2. The molecule has 0 aliphatic heterocycles. The van der Waals surface area contributed by atoms with Gasteiger partial charge in [-0.1, -0.05) is 55.4 Å². The van der Waals surface area contributed by atoms with Crippen LogP contribution >= 0.6 is 0 Å². The number of hydrazine groups is 1. The summed E-state index contributed by atoms with van der Waals surface area (Å²) >= 11 is 0. The molecule has 0 unspecified atom stereocenters. The lowest BCUT2D eigenvalue weighted by molar-refractivity contribution is 0.0692. The molecule has 0 aliphatic carbocycles. The summed E-state index contributed by atoms with van der Waals surface area (Å²) in [6.45, 7) is 28.7. The van der Waals surface area contributed by atoms with Crippen LogP contribution in [0.5, 0.6) is 0 Å².